The average molecular weight is 342 g/mol. The highest BCUT2D eigenvalue weighted by atomic mass is 32.1. The molecule has 3 aromatic rings. The molecule has 126 valence electrons. The second-order valence-corrected chi connectivity index (χ2v) is 7.07. The van der Waals surface area contributed by atoms with Crippen LogP contribution in [0.3, 0.4) is 0 Å². The van der Waals surface area contributed by atoms with Crippen LogP contribution in [-0.4, -0.2) is 40.8 Å². The minimum absolute atomic E-state index is 0.000264. The van der Waals surface area contributed by atoms with E-state index in [1.165, 1.54) is 11.1 Å². The molecular weight excluding hydrogens is 320 g/mol. The van der Waals surface area contributed by atoms with Crippen LogP contribution < -0.4 is 5.32 Å². The second kappa shape index (κ2) is 7.15. The van der Waals surface area contributed by atoms with Crippen molar-refractivity contribution in [1.82, 2.24) is 19.6 Å². The molecule has 0 fully saturated rings. The van der Waals surface area contributed by atoms with Gasteiger partial charge in [0.15, 0.2) is 4.96 Å². The number of carbonyl (C=O) groups excluding carboxylic acids is 1. The Hall–Kier alpha value is -2.18. The van der Waals surface area contributed by atoms with E-state index in [1.807, 2.05) is 36.3 Å². The third kappa shape index (κ3) is 3.83. The molecule has 6 heteroatoms. The minimum Gasteiger partial charge on any atom is -0.354 e. The van der Waals surface area contributed by atoms with Crippen LogP contribution in [0.15, 0.2) is 42.0 Å². The number of hydrogen-bond donors (Lipinski definition) is 1. The van der Waals surface area contributed by atoms with E-state index in [1.54, 1.807) is 11.3 Å². The molecule has 0 radical (unpaired) electrons. The van der Waals surface area contributed by atoms with Gasteiger partial charge in [-0.2, -0.15) is 0 Å². The van der Waals surface area contributed by atoms with Crippen LogP contribution in [0.1, 0.15) is 22.9 Å². The molecule has 0 aliphatic heterocycles. The topological polar surface area (TPSA) is 49.6 Å². The van der Waals surface area contributed by atoms with Crippen LogP contribution in [-0.2, 0) is 11.2 Å². The summed E-state index contributed by atoms with van der Waals surface area (Å²) < 4.78 is 1.95. The molecule has 0 aliphatic rings. The van der Waals surface area contributed by atoms with Crippen molar-refractivity contribution < 1.29 is 4.79 Å². The van der Waals surface area contributed by atoms with Crippen molar-refractivity contribution >= 4 is 22.2 Å². The van der Waals surface area contributed by atoms with E-state index in [-0.39, 0.29) is 11.9 Å². The molecule has 0 unspecified atom stereocenters. The fourth-order valence-electron chi connectivity index (χ4n) is 2.69. The number of imidazole rings is 1. The van der Waals surface area contributed by atoms with Crippen molar-refractivity contribution in [2.75, 3.05) is 20.6 Å². The molecule has 1 aromatic carbocycles. The molecule has 1 atom stereocenters. The van der Waals surface area contributed by atoms with Gasteiger partial charge in [0.25, 0.3) is 0 Å². The van der Waals surface area contributed by atoms with Crippen LogP contribution in [0.5, 0.6) is 0 Å². The van der Waals surface area contributed by atoms with Crippen molar-refractivity contribution in [2.24, 2.45) is 0 Å². The number of nitrogens with one attached hydrogen (secondary N) is 1. The predicted octanol–water partition coefficient (Wildman–Crippen LogP) is 2.67. The molecule has 0 spiro atoms. The molecule has 1 N–H and O–H groups in total. The lowest BCUT2D eigenvalue weighted by Crippen LogP contribution is -2.35. The fourth-order valence-corrected chi connectivity index (χ4v) is 3.40. The Labute approximate surface area is 145 Å². The first-order valence-electron chi connectivity index (χ1n) is 7.93. The lowest BCUT2D eigenvalue weighted by molar-refractivity contribution is -0.120. The summed E-state index contributed by atoms with van der Waals surface area (Å²) in [5.41, 5.74) is 3.24. The number of fused-ring (bicyclic) bond motifs is 1. The van der Waals surface area contributed by atoms with Gasteiger partial charge in [0.1, 0.15) is 0 Å². The van der Waals surface area contributed by atoms with E-state index in [9.17, 15) is 4.79 Å². The van der Waals surface area contributed by atoms with E-state index in [4.69, 9.17) is 0 Å². The number of carbonyl (C=O) groups is 1. The SMILES string of the molecule is Cc1ccc([C@H](CNC(=O)Cc2cn3ccsc3n2)N(C)C)cc1. The van der Waals surface area contributed by atoms with Crippen LogP contribution in [0.2, 0.25) is 0 Å². The molecular formula is C18H22N4OS. The van der Waals surface area contributed by atoms with Gasteiger partial charge in [-0.15, -0.1) is 11.3 Å². The zero-order valence-corrected chi connectivity index (χ0v) is 15.0. The molecule has 0 saturated heterocycles. The molecule has 2 aromatic heterocycles. The first-order chi connectivity index (χ1) is 11.5. The number of aryl methyl sites for hydroxylation is 1. The molecule has 5 nitrogen and oxygen atoms in total. The molecule has 0 aliphatic carbocycles. The summed E-state index contributed by atoms with van der Waals surface area (Å²) in [6.07, 6.45) is 4.17. The van der Waals surface area contributed by atoms with E-state index in [0.29, 0.717) is 13.0 Å². The van der Waals surface area contributed by atoms with Crippen LogP contribution in [0.4, 0.5) is 0 Å². The smallest absolute Gasteiger partial charge is 0.226 e. The maximum atomic E-state index is 12.2. The summed E-state index contributed by atoms with van der Waals surface area (Å²) in [7, 11) is 4.06. The van der Waals surface area contributed by atoms with Gasteiger partial charge in [0, 0.05) is 24.3 Å². The molecule has 24 heavy (non-hydrogen) atoms. The summed E-state index contributed by atoms with van der Waals surface area (Å²) >= 11 is 1.57. The Balaban J connectivity index is 1.60. The standard InChI is InChI=1S/C18H22N4OS/c1-13-4-6-14(7-5-13)16(21(2)3)11-19-17(23)10-15-12-22-8-9-24-18(22)20-15/h4-9,12,16H,10-11H2,1-3H3,(H,19,23)/t16-/m0/s1. The van der Waals surface area contributed by atoms with Crippen molar-refractivity contribution in [3.63, 3.8) is 0 Å². The zero-order valence-electron chi connectivity index (χ0n) is 14.2. The maximum Gasteiger partial charge on any atom is 0.226 e. The Morgan fingerprint density at radius 2 is 2.08 bits per heavy atom. The zero-order chi connectivity index (χ0) is 17.1. The van der Waals surface area contributed by atoms with Gasteiger partial charge in [-0.3, -0.25) is 9.20 Å². The fraction of sp³-hybridized carbons (Fsp3) is 0.333. The number of thiazole rings is 1. The summed E-state index contributed by atoms with van der Waals surface area (Å²) in [4.78, 5) is 19.7. The number of amides is 1. The largest absolute Gasteiger partial charge is 0.354 e. The maximum absolute atomic E-state index is 12.2. The lowest BCUT2D eigenvalue weighted by atomic mass is 10.0. The first-order valence-corrected chi connectivity index (χ1v) is 8.81. The molecule has 0 saturated carbocycles. The number of nitrogens with zero attached hydrogens (tertiary/aromatic N) is 3. The lowest BCUT2D eigenvalue weighted by Gasteiger charge is -2.25. The summed E-state index contributed by atoms with van der Waals surface area (Å²) in [6, 6.07) is 8.60. The number of likely N-dealkylation sites (N-methyl/N-ethyl adjacent to an activating group) is 1. The van der Waals surface area contributed by atoms with E-state index >= 15 is 0 Å². The van der Waals surface area contributed by atoms with E-state index in [2.05, 4.69) is 46.4 Å². The number of benzene rings is 1. The quantitative estimate of drug-likeness (QED) is 0.749. The van der Waals surface area contributed by atoms with Gasteiger partial charge in [-0.25, -0.2) is 4.98 Å². The predicted molar refractivity (Wildman–Crippen MR) is 97.4 cm³/mol. The van der Waals surface area contributed by atoms with Crippen molar-refractivity contribution in [2.45, 2.75) is 19.4 Å². The number of hydrogen-bond acceptors (Lipinski definition) is 4. The summed E-state index contributed by atoms with van der Waals surface area (Å²) in [5.74, 6) is -0.000264. The molecule has 3 rings (SSSR count). The van der Waals surface area contributed by atoms with Gasteiger partial charge < -0.3 is 10.2 Å². The first kappa shape index (κ1) is 16.7. The highest BCUT2D eigenvalue weighted by Gasteiger charge is 2.16. The molecule has 0 bridgehead atoms. The van der Waals surface area contributed by atoms with Crippen LogP contribution in [0.25, 0.3) is 4.96 Å². The Bertz CT molecular complexity index is 791. The molecule has 1 amide bonds. The Morgan fingerprint density at radius 3 is 2.75 bits per heavy atom. The van der Waals surface area contributed by atoms with E-state index < -0.39 is 0 Å². The summed E-state index contributed by atoms with van der Waals surface area (Å²) in [5, 5.41) is 5.02. The van der Waals surface area contributed by atoms with Gasteiger partial charge in [0.05, 0.1) is 18.2 Å². The highest BCUT2D eigenvalue weighted by molar-refractivity contribution is 7.15. The van der Waals surface area contributed by atoms with Gasteiger partial charge in [0.2, 0.25) is 5.91 Å². The Kier molecular flexibility index (Phi) is 4.97. The monoisotopic (exact) mass is 342 g/mol. The van der Waals surface area contributed by atoms with Gasteiger partial charge in [-0.1, -0.05) is 29.8 Å². The number of rotatable bonds is 6. The van der Waals surface area contributed by atoms with Crippen molar-refractivity contribution in [1.29, 1.82) is 0 Å². The van der Waals surface area contributed by atoms with Crippen LogP contribution in [0, 0.1) is 6.92 Å². The Morgan fingerprint density at radius 1 is 1.33 bits per heavy atom. The van der Waals surface area contributed by atoms with E-state index in [0.717, 1.165) is 10.7 Å². The molecule has 2 heterocycles. The minimum atomic E-state index is -0.000264. The van der Waals surface area contributed by atoms with Crippen molar-refractivity contribution in [3.05, 3.63) is 58.9 Å². The van der Waals surface area contributed by atoms with Gasteiger partial charge >= 0.3 is 0 Å². The third-order valence-corrected chi connectivity index (χ3v) is 4.83. The highest BCUT2D eigenvalue weighted by Crippen LogP contribution is 2.18. The number of aromatic nitrogens is 2. The second-order valence-electron chi connectivity index (χ2n) is 6.20. The third-order valence-electron chi connectivity index (χ3n) is 4.06. The summed E-state index contributed by atoms with van der Waals surface area (Å²) in [6.45, 7) is 2.66. The van der Waals surface area contributed by atoms with Crippen molar-refractivity contribution in [3.8, 4) is 0 Å². The average Bonchev–Trinajstić information content (AvgIpc) is 3.10. The van der Waals surface area contributed by atoms with Gasteiger partial charge in [-0.05, 0) is 26.6 Å². The van der Waals surface area contributed by atoms with Crippen LogP contribution >= 0.6 is 11.3 Å². The normalized spacial score (nSPS) is 12.7.